The smallest absolute Gasteiger partial charge is 0.123 e. The van der Waals surface area contributed by atoms with Crippen LogP contribution in [0.5, 0.6) is 5.75 Å². The van der Waals surface area contributed by atoms with Gasteiger partial charge in [-0.3, -0.25) is 4.90 Å². The van der Waals surface area contributed by atoms with Crippen LogP contribution in [-0.2, 0) is 13.1 Å². The molecule has 0 aromatic heterocycles. The summed E-state index contributed by atoms with van der Waals surface area (Å²) in [5, 5.41) is 0. The van der Waals surface area contributed by atoms with Gasteiger partial charge in [0.2, 0.25) is 0 Å². The lowest BCUT2D eigenvalue weighted by atomic mass is 9.95. The van der Waals surface area contributed by atoms with E-state index in [2.05, 4.69) is 23.1 Å². The number of hydrogen-bond acceptors (Lipinski definition) is 3. The zero-order valence-corrected chi connectivity index (χ0v) is 13.2. The van der Waals surface area contributed by atoms with Gasteiger partial charge in [-0.2, -0.15) is 0 Å². The molecule has 1 aliphatic heterocycles. The molecular weight excluding hydrogens is 260 g/mol. The average molecular weight is 288 g/mol. The molecule has 116 valence electrons. The summed E-state index contributed by atoms with van der Waals surface area (Å²) < 4.78 is 5.37. The second-order valence-electron chi connectivity index (χ2n) is 6.57. The number of likely N-dealkylation sites (tertiary alicyclic amines) is 1. The molecule has 1 atom stereocenters. The van der Waals surface area contributed by atoms with Crippen molar-refractivity contribution in [3.63, 3.8) is 0 Å². The van der Waals surface area contributed by atoms with Gasteiger partial charge in [-0.1, -0.05) is 18.9 Å². The number of methoxy groups -OCH3 is 1. The monoisotopic (exact) mass is 288 g/mol. The van der Waals surface area contributed by atoms with E-state index in [0.29, 0.717) is 6.54 Å². The molecule has 0 bridgehead atoms. The Labute approximate surface area is 128 Å². The van der Waals surface area contributed by atoms with E-state index in [1.54, 1.807) is 7.11 Å². The third-order valence-electron chi connectivity index (χ3n) is 5.31. The predicted octanol–water partition coefficient (Wildman–Crippen LogP) is 3.31. The molecule has 0 spiro atoms. The molecule has 1 saturated carbocycles. The van der Waals surface area contributed by atoms with Crippen LogP contribution in [0.1, 0.15) is 49.7 Å². The average Bonchev–Trinajstić information content (AvgIpc) is 3.17. The van der Waals surface area contributed by atoms with E-state index in [1.807, 2.05) is 0 Å². The minimum Gasteiger partial charge on any atom is -0.496 e. The van der Waals surface area contributed by atoms with Gasteiger partial charge in [0.15, 0.2) is 0 Å². The zero-order chi connectivity index (χ0) is 14.7. The van der Waals surface area contributed by atoms with Gasteiger partial charge >= 0.3 is 0 Å². The number of benzene rings is 1. The SMILES string of the molecule is COc1ccc(CN2CCCC2C2CCCC2)cc1CN. The van der Waals surface area contributed by atoms with E-state index in [1.165, 1.54) is 50.6 Å². The lowest BCUT2D eigenvalue weighted by Crippen LogP contribution is -2.34. The second kappa shape index (κ2) is 6.80. The number of hydrogen-bond donors (Lipinski definition) is 1. The molecule has 1 unspecified atom stereocenters. The highest BCUT2D eigenvalue weighted by molar-refractivity contribution is 5.37. The van der Waals surface area contributed by atoms with Crippen LogP contribution in [0.4, 0.5) is 0 Å². The van der Waals surface area contributed by atoms with Crippen LogP contribution in [0.25, 0.3) is 0 Å². The molecule has 3 rings (SSSR count). The topological polar surface area (TPSA) is 38.5 Å². The number of ether oxygens (including phenoxy) is 1. The summed E-state index contributed by atoms with van der Waals surface area (Å²) in [5.41, 5.74) is 8.33. The van der Waals surface area contributed by atoms with Crippen LogP contribution < -0.4 is 10.5 Å². The summed E-state index contributed by atoms with van der Waals surface area (Å²) in [6.45, 7) is 2.87. The van der Waals surface area contributed by atoms with Gasteiger partial charge in [-0.05, 0) is 55.8 Å². The Hall–Kier alpha value is -1.06. The fourth-order valence-corrected chi connectivity index (χ4v) is 4.25. The van der Waals surface area contributed by atoms with Crippen LogP contribution in [0, 0.1) is 5.92 Å². The molecule has 1 heterocycles. The van der Waals surface area contributed by atoms with Crippen molar-refractivity contribution < 1.29 is 4.74 Å². The Morgan fingerprint density at radius 1 is 1.19 bits per heavy atom. The molecule has 1 aliphatic carbocycles. The van der Waals surface area contributed by atoms with Crippen LogP contribution in [0.3, 0.4) is 0 Å². The first-order valence-electron chi connectivity index (χ1n) is 8.41. The fourth-order valence-electron chi connectivity index (χ4n) is 4.25. The molecule has 2 N–H and O–H groups in total. The Morgan fingerprint density at radius 2 is 2.00 bits per heavy atom. The van der Waals surface area contributed by atoms with E-state index in [4.69, 9.17) is 10.5 Å². The van der Waals surface area contributed by atoms with Gasteiger partial charge in [0.05, 0.1) is 7.11 Å². The zero-order valence-electron chi connectivity index (χ0n) is 13.2. The predicted molar refractivity (Wildman–Crippen MR) is 86.3 cm³/mol. The van der Waals surface area contributed by atoms with Gasteiger partial charge in [-0.25, -0.2) is 0 Å². The summed E-state index contributed by atoms with van der Waals surface area (Å²) in [5.74, 6) is 1.86. The quantitative estimate of drug-likeness (QED) is 0.903. The maximum Gasteiger partial charge on any atom is 0.123 e. The second-order valence-corrected chi connectivity index (χ2v) is 6.57. The minimum atomic E-state index is 0.545. The van der Waals surface area contributed by atoms with Crippen LogP contribution >= 0.6 is 0 Å². The Kier molecular flexibility index (Phi) is 4.81. The van der Waals surface area contributed by atoms with Crippen molar-refractivity contribution in [3.05, 3.63) is 29.3 Å². The lowest BCUT2D eigenvalue weighted by Gasteiger charge is -2.29. The summed E-state index contributed by atoms with van der Waals surface area (Å²) in [6, 6.07) is 7.30. The molecular formula is C18H28N2O. The van der Waals surface area contributed by atoms with Crippen molar-refractivity contribution in [1.82, 2.24) is 4.90 Å². The third-order valence-corrected chi connectivity index (χ3v) is 5.31. The molecule has 0 radical (unpaired) electrons. The van der Waals surface area contributed by atoms with E-state index < -0.39 is 0 Å². The largest absolute Gasteiger partial charge is 0.496 e. The summed E-state index contributed by atoms with van der Waals surface area (Å²) in [7, 11) is 1.71. The van der Waals surface area contributed by atoms with Gasteiger partial charge in [0.1, 0.15) is 5.75 Å². The van der Waals surface area contributed by atoms with Gasteiger partial charge in [-0.15, -0.1) is 0 Å². The number of rotatable bonds is 5. The number of nitrogens with two attached hydrogens (primary N) is 1. The first-order valence-corrected chi connectivity index (χ1v) is 8.41. The molecule has 2 aliphatic rings. The van der Waals surface area contributed by atoms with Crippen LogP contribution in [0.2, 0.25) is 0 Å². The standard InChI is InChI=1S/C18H28N2O/c1-21-18-9-8-14(11-16(18)12-19)13-20-10-4-7-17(20)15-5-2-3-6-15/h8-9,11,15,17H,2-7,10,12-13,19H2,1H3. The van der Waals surface area contributed by atoms with E-state index in [9.17, 15) is 0 Å². The maximum atomic E-state index is 5.84. The van der Waals surface area contributed by atoms with Crippen molar-refractivity contribution in [2.45, 2.75) is 57.7 Å². The molecule has 0 amide bonds. The fraction of sp³-hybridized carbons (Fsp3) is 0.667. The highest BCUT2D eigenvalue weighted by Crippen LogP contribution is 2.36. The van der Waals surface area contributed by atoms with Crippen LogP contribution in [0.15, 0.2) is 18.2 Å². The molecule has 1 aromatic rings. The maximum absolute atomic E-state index is 5.84. The molecule has 2 fully saturated rings. The molecule has 1 aromatic carbocycles. The van der Waals surface area contributed by atoms with Crippen molar-refractivity contribution in [2.24, 2.45) is 11.7 Å². The highest BCUT2D eigenvalue weighted by Gasteiger charge is 2.33. The van der Waals surface area contributed by atoms with Gasteiger partial charge < -0.3 is 10.5 Å². The Balaban J connectivity index is 1.70. The summed E-state index contributed by atoms with van der Waals surface area (Å²) >= 11 is 0. The van der Waals surface area contributed by atoms with Gasteiger partial charge in [0.25, 0.3) is 0 Å². The third kappa shape index (κ3) is 3.24. The van der Waals surface area contributed by atoms with Gasteiger partial charge in [0, 0.05) is 24.7 Å². The summed E-state index contributed by atoms with van der Waals surface area (Å²) in [6.07, 6.45) is 8.52. The number of nitrogens with zero attached hydrogens (tertiary/aromatic N) is 1. The molecule has 21 heavy (non-hydrogen) atoms. The minimum absolute atomic E-state index is 0.545. The molecule has 3 heteroatoms. The first kappa shape index (κ1) is 14.9. The van der Waals surface area contributed by atoms with E-state index in [-0.39, 0.29) is 0 Å². The normalized spacial score (nSPS) is 23.8. The van der Waals surface area contributed by atoms with Crippen molar-refractivity contribution >= 4 is 0 Å². The summed E-state index contributed by atoms with van der Waals surface area (Å²) in [4.78, 5) is 2.71. The molecule has 3 nitrogen and oxygen atoms in total. The highest BCUT2D eigenvalue weighted by atomic mass is 16.5. The molecule has 1 saturated heterocycles. The van der Waals surface area contributed by atoms with Crippen molar-refractivity contribution in [2.75, 3.05) is 13.7 Å². The van der Waals surface area contributed by atoms with Crippen LogP contribution in [-0.4, -0.2) is 24.6 Å². The lowest BCUT2D eigenvalue weighted by molar-refractivity contribution is 0.183. The Morgan fingerprint density at radius 3 is 2.71 bits per heavy atom. The van der Waals surface area contributed by atoms with E-state index in [0.717, 1.165) is 29.8 Å². The van der Waals surface area contributed by atoms with Crippen molar-refractivity contribution in [1.29, 1.82) is 0 Å². The first-order chi connectivity index (χ1) is 10.3. The van der Waals surface area contributed by atoms with Crippen molar-refractivity contribution in [3.8, 4) is 5.75 Å². The van der Waals surface area contributed by atoms with E-state index >= 15 is 0 Å². The Bertz CT molecular complexity index is 468.